The van der Waals surface area contributed by atoms with Crippen molar-refractivity contribution in [3.8, 4) is 11.8 Å². The zero-order chi connectivity index (χ0) is 13.7. The first-order valence-corrected chi connectivity index (χ1v) is 5.82. The van der Waals surface area contributed by atoms with Gasteiger partial charge in [0.25, 0.3) is 0 Å². The maximum Gasteiger partial charge on any atom is 0.127 e. The molecule has 2 rings (SSSR count). The highest BCUT2D eigenvalue weighted by Crippen LogP contribution is 2.18. The van der Waals surface area contributed by atoms with Gasteiger partial charge in [0, 0.05) is 12.6 Å². The van der Waals surface area contributed by atoms with Gasteiger partial charge in [-0.1, -0.05) is 12.1 Å². The van der Waals surface area contributed by atoms with Crippen LogP contribution < -0.4 is 10.5 Å². The largest absolute Gasteiger partial charge is 0.489 e. The summed E-state index contributed by atoms with van der Waals surface area (Å²) in [5, 5.41) is 8.80. The van der Waals surface area contributed by atoms with Crippen LogP contribution in [-0.2, 0) is 13.2 Å². The molecule has 0 saturated heterocycles. The van der Waals surface area contributed by atoms with E-state index in [-0.39, 0.29) is 19.0 Å². The Kier molecular flexibility index (Phi) is 4.11. The predicted molar refractivity (Wildman–Crippen MR) is 69.8 cm³/mol. The van der Waals surface area contributed by atoms with E-state index in [1.807, 2.05) is 6.07 Å². The third-order valence-electron chi connectivity index (χ3n) is 2.63. The van der Waals surface area contributed by atoms with Crippen LogP contribution in [-0.4, -0.2) is 0 Å². The topological polar surface area (TPSA) is 59.0 Å². The molecule has 0 spiro atoms. The van der Waals surface area contributed by atoms with E-state index >= 15 is 0 Å². The Bertz CT molecular complexity index is 620. The second kappa shape index (κ2) is 5.98. The second-order valence-corrected chi connectivity index (χ2v) is 4.10. The van der Waals surface area contributed by atoms with Crippen LogP contribution in [0.5, 0.6) is 5.75 Å². The van der Waals surface area contributed by atoms with Crippen molar-refractivity contribution >= 4 is 0 Å². The number of hydrogen-bond acceptors (Lipinski definition) is 3. The lowest BCUT2D eigenvalue weighted by Gasteiger charge is -2.08. The molecule has 0 fully saturated rings. The zero-order valence-corrected chi connectivity index (χ0v) is 10.3. The Labute approximate surface area is 111 Å². The maximum atomic E-state index is 13.3. The van der Waals surface area contributed by atoms with E-state index in [1.54, 1.807) is 24.3 Å². The summed E-state index contributed by atoms with van der Waals surface area (Å²) in [6, 6.07) is 13.6. The van der Waals surface area contributed by atoms with E-state index in [0.29, 0.717) is 16.9 Å². The molecule has 2 N–H and O–H groups in total. The molecule has 96 valence electrons. The van der Waals surface area contributed by atoms with Gasteiger partial charge in [0.2, 0.25) is 0 Å². The maximum absolute atomic E-state index is 13.3. The molecule has 0 heterocycles. The molecule has 2 aromatic carbocycles. The van der Waals surface area contributed by atoms with E-state index < -0.39 is 0 Å². The van der Waals surface area contributed by atoms with Crippen LogP contribution in [0.2, 0.25) is 0 Å². The fourth-order valence-corrected chi connectivity index (χ4v) is 1.72. The van der Waals surface area contributed by atoms with Crippen LogP contribution in [0.25, 0.3) is 0 Å². The number of nitrogens with two attached hydrogens (primary N) is 1. The Morgan fingerprint density at radius 3 is 2.74 bits per heavy atom. The van der Waals surface area contributed by atoms with Gasteiger partial charge in [0.15, 0.2) is 0 Å². The van der Waals surface area contributed by atoms with Gasteiger partial charge in [-0.05, 0) is 35.4 Å². The lowest BCUT2D eigenvalue weighted by molar-refractivity contribution is 0.304. The summed E-state index contributed by atoms with van der Waals surface area (Å²) in [5.41, 5.74) is 7.59. The van der Waals surface area contributed by atoms with Gasteiger partial charge in [-0.3, -0.25) is 0 Å². The van der Waals surface area contributed by atoms with Crippen LogP contribution in [0.1, 0.15) is 16.7 Å². The lowest BCUT2D eigenvalue weighted by Crippen LogP contribution is -2.00. The Morgan fingerprint density at radius 2 is 2.00 bits per heavy atom. The fourth-order valence-electron chi connectivity index (χ4n) is 1.72. The smallest absolute Gasteiger partial charge is 0.127 e. The van der Waals surface area contributed by atoms with Crippen LogP contribution in [0, 0.1) is 17.1 Å². The van der Waals surface area contributed by atoms with Crippen molar-refractivity contribution in [1.82, 2.24) is 0 Å². The number of nitriles is 1. The van der Waals surface area contributed by atoms with E-state index in [1.165, 1.54) is 12.1 Å². The molecule has 0 amide bonds. The number of ether oxygens (including phenoxy) is 1. The highest BCUT2D eigenvalue weighted by Gasteiger charge is 2.02. The zero-order valence-electron chi connectivity index (χ0n) is 10.3. The third kappa shape index (κ3) is 3.54. The minimum absolute atomic E-state index is 0.262. The predicted octanol–water partition coefficient (Wildman–Crippen LogP) is 2.74. The van der Waals surface area contributed by atoms with Crippen molar-refractivity contribution in [3.05, 3.63) is 65.0 Å². The van der Waals surface area contributed by atoms with E-state index in [2.05, 4.69) is 6.07 Å². The van der Waals surface area contributed by atoms with Crippen LogP contribution in [0.3, 0.4) is 0 Å². The summed E-state index contributed by atoms with van der Waals surface area (Å²) in [4.78, 5) is 0. The minimum atomic E-state index is -0.372. The van der Waals surface area contributed by atoms with Crippen molar-refractivity contribution in [1.29, 1.82) is 5.26 Å². The Balaban J connectivity index is 2.10. The molecule has 0 saturated carbocycles. The molecular weight excluding hydrogens is 243 g/mol. The van der Waals surface area contributed by atoms with Crippen molar-refractivity contribution < 1.29 is 9.13 Å². The molecule has 0 bridgehead atoms. The van der Waals surface area contributed by atoms with Gasteiger partial charge in [0.05, 0.1) is 11.6 Å². The Morgan fingerprint density at radius 1 is 1.16 bits per heavy atom. The number of benzene rings is 2. The first-order valence-electron chi connectivity index (χ1n) is 5.82. The van der Waals surface area contributed by atoms with Crippen LogP contribution >= 0.6 is 0 Å². The first-order chi connectivity index (χ1) is 9.21. The van der Waals surface area contributed by atoms with Gasteiger partial charge >= 0.3 is 0 Å². The van der Waals surface area contributed by atoms with E-state index in [4.69, 9.17) is 15.7 Å². The average molecular weight is 256 g/mol. The minimum Gasteiger partial charge on any atom is -0.489 e. The quantitative estimate of drug-likeness (QED) is 0.915. The molecule has 0 radical (unpaired) electrons. The van der Waals surface area contributed by atoms with Gasteiger partial charge in [0.1, 0.15) is 18.2 Å². The summed E-state index contributed by atoms with van der Waals surface area (Å²) < 4.78 is 18.8. The van der Waals surface area contributed by atoms with Crippen molar-refractivity contribution in [2.24, 2.45) is 5.73 Å². The molecule has 0 aliphatic rings. The SMILES string of the molecule is N#Cc1cccc(COc2cc(F)cc(CN)c2)c1. The number of halogens is 1. The molecule has 0 aromatic heterocycles. The standard InChI is InChI=1S/C15H13FN2O/c16-14-5-13(9-18)6-15(7-14)19-10-12-3-1-2-11(4-12)8-17/h1-7H,9-10,18H2. The first kappa shape index (κ1) is 13.1. The summed E-state index contributed by atoms with van der Waals surface area (Å²) >= 11 is 0. The molecule has 2 aromatic rings. The summed E-state index contributed by atoms with van der Waals surface area (Å²) in [5.74, 6) is 0.0616. The van der Waals surface area contributed by atoms with E-state index in [0.717, 1.165) is 5.56 Å². The number of rotatable bonds is 4. The third-order valence-corrected chi connectivity index (χ3v) is 2.63. The Hall–Kier alpha value is -2.38. The normalized spacial score (nSPS) is 9.95. The molecule has 4 heteroatoms. The second-order valence-electron chi connectivity index (χ2n) is 4.10. The van der Waals surface area contributed by atoms with Gasteiger partial charge in [-0.25, -0.2) is 4.39 Å². The fraction of sp³-hybridized carbons (Fsp3) is 0.133. The number of nitrogens with zero attached hydrogens (tertiary/aromatic N) is 1. The van der Waals surface area contributed by atoms with Crippen molar-refractivity contribution in [2.75, 3.05) is 0 Å². The molecule has 0 aliphatic heterocycles. The summed E-state index contributed by atoms with van der Waals surface area (Å²) in [6.45, 7) is 0.543. The van der Waals surface area contributed by atoms with Gasteiger partial charge in [-0.15, -0.1) is 0 Å². The van der Waals surface area contributed by atoms with Gasteiger partial charge < -0.3 is 10.5 Å². The summed E-state index contributed by atoms with van der Waals surface area (Å²) in [7, 11) is 0. The van der Waals surface area contributed by atoms with Crippen molar-refractivity contribution in [2.45, 2.75) is 13.2 Å². The highest BCUT2D eigenvalue weighted by atomic mass is 19.1. The monoisotopic (exact) mass is 256 g/mol. The highest BCUT2D eigenvalue weighted by molar-refractivity contribution is 5.33. The summed E-state index contributed by atoms with van der Waals surface area (Å²) in [6.07, 6.45) is 0. The molecule has 19 heavy (non-hydrogen) atoms. The van der Waals surface area contributed by atoms with Gasteiger partial charge in [-0.2, -0.15) is 5.26 Å². The van der Waals surface area contributed by atoms with Crippen molar-refractivity contribution in [3.63, 3.8) is 0 Å². The molecular formula is C15H13FN2O. The van der Waals surface area contributed by atoms with Crippen LogP contribution in [0.4, 0.5) is 4.39 Å². The average Bonchev–Trinajstić information content (AvgIpc) is 2.44. The van der Waals surface area contributed by atoms with E-state index in [9.17, 15) is 4.39 Å². The van der Waals surface area contributed by atoms with Crippen LogP contribution in [0.15, 0.2) is 42.5 Å². The lowest BCUT2D eigenvalue weighted by atomic mass is 10.1. The molecule has 0 atom stereocenters. The molecule has 3 nitrogen and oxygen atoms in total. The number of hydrogen-bond donors (Lipinski definition) is 1. The molecule has 0 aliphatic carbocycles. The molecule has 0 unspecified atom stereocenters.